The van der Waals surface area contributed by atoms with Crippen molar-refractivity contribution < 1.29 is 13.0 Å². The number of aromatic nitrogens is 3. The SMILES string of the molecule is C=CS(=O)NCCNc1ncnc2c(F)c(-c3ccc(F)c4sc(N)nc34)c(Cl)cc12. The quantitative estimate of drug-likeness (QED) is 0.342. The molecule has 0 bridgehead atoms. The van der Waals surface area contributed by atoms with Crippen molar-refractivity contribution in [3.8, 4) is 11.1 Å². The lowest BCUT2D eigenvalue weighted by atomic mass is 10.0. The van der Waals surface area contributed by atoms with Gasteiger partial charge in [-0.3, -0.25) is 0 Å². The fourth-order valence-corrected chi connectivity index (χ4v) is 4.58. The molecule has 31 heavy (non-hydrogen) atoms. The second-order valence-corrected chi connectivity index (χ2v) is 8.93. The van der Waals surface area contributed by atoms with E-state index >= 15 is 4.39 Å². The van der Waals surface area contributed by atoms with Gasteiger partial charge < -0.3 is 11.1 Å². The van der Waals surface area contributed by atoms with Gasteiger partial charge in [-0.25, -0.2) is 32.7 Å². The van der Waals surface area contributed by atoms with E-state index in [-0.39, 0.29) is 31.5 Å². The van der Waals surface area contributed by atoms with Crippen molar-refractivity contribution in [3.63, 3.8) is 0 Å². The van der Waals surface area contributed by atoms with Crippen LogP contribution in [0.1, 0.15) is 0 Å². The Morgan fingerprint density at radius 3 is 2.84 bits per heavy atom. The maximum atomic E-state index is 15.6. The van der Waals surface area contributed by atoms with Gasteiger partial charge in [0.25, 0.3) is 0 Å². The first-order valence-electron chi connectivity index (χ1n) is 8.88. The molecule has 0 aliphatic rings. The molecule has 2 aromatic carbocycles. The smallest absolute Gasteiger partial charge is 0.181 e. The van der Waals surface area contributed by atoms with E-state index in [1.165, 1.54) is 29.9 Å². The number of nitrogens with two attached hydrogens (primary N) is 1. The summed E-state index contributed by atoms with van der Waals surface area (Å²) in [5.74, 6) is -0.811. The van der Waals surface area contributed by atoms with E-state index in [1.54, 1.807) is 0 Å². The van der Waals surface area contributed by atoms with Crippen LogP contribution in [0.25, 0.3) is 32.2 Å². The van der Waals surface area contributed by atoms with Crippen molar-refractivity contribution in [1.29, 1.82) is 0 Å². The number of fused-ring (bicyclic) bond motifs is 2. The summed E-state index contributed by atoms with van der Waals surface area (Å²) in [5.41, 5.74) is 6.38. The molecule has 0 saturated heterocycles. The second-order valence-electron chi connectivity index (χ2n) is 6.28. The van der Waals surface area contributed by atoms with Crippen molar-refractivity contribution in [1.82, 2.24) is 19.7 Å². The van der Waals surface area contributed by atoms with Crippen LogP contribution in [0.15, 0.2) is 36.5 Å². The van der Waals surface area contributed by atoms with Crippen LogP contribution >= 0.6 is 22.9 Å². The molecule has 4 aromatic rings. The number of nitrogens with zero attached hydrogens (tertiary/aromatic N) is 3. The molecule has 0 spiro atoms. The third-order valence-electron chi connectivity index (χ3n) is 4.42. The molecular weight excluding hydrogens is 466 g/mol. The molecule has 160 valence electrons. The Balaban J connectivity index is 1.77. The summed E-state index contributed by atoms with van der Waals surface area (Å²) in [5, 5.41) is 4.94. The van der Waals surface area contributed by atoms with Gasteiger partial charge in [0, 0.05) is 35.0 Å². The molecule has 0 aliphatic carbocycles. The number of hydrogen-bond acceptors (Lipinski definition) is 7. The normalized spacial score (nSPS) is 12.4. The van der Waals surface area contributed by atoms with Gasteiger partial charge in [-0.1, -0.05) is 29.5 Å². The Morgan fingerprint density at radius 1 is 1.26 bits per heavy atom. The van der Waals surface area contributed by atoms with Gasteiger partial charge in [0.05, 0.1) is 15.2 Å². The predicted octanol–water partition coefficient (Wildman–Crippen LogP) is 4.23. The maximum absolute atomic E-state index is 15.6. The number of benzene rings is 2. The lowest BCUT2D eigenvalue weighted by Crippen LogP contribution is -2.23. The molecule has 2 heterocycles. The van der Waals surface area contributed by atoms with Gasteiger partial charge in [-0.2, -0.15) is 0 Å². The first kappa shape index (κ1) is 21.5. The summed E-state index contributed by atoms with van der Waals surface area (Å²) in [7, 11) is -1.34. The highest BCUT2D eigenvalue weighted by atomic mass is 35.5. The molecule has 1 atom stereocenters. The summed E-state index contributed by atoms with van der Waals surface area (Å²) >= 11 is 7.42. The van der Waals surface area contributed by atoms with E-state index in [0.29, 0.717) is 29.9 Å². The van der Waals surface area contributed by atoms with Crippen molar-refractivity contribution in [2.75, 3.05) is 24.1 Å². The van der Waals surface area contributed by atoms with Crippen LogP contribution in [0, 0.1) is 11.6 Å². The molecule has 0 aliphatic heterocycles. The van der Waals surface area contributed by atoms with Crippen molar-refractivity contribution in [2.45, 2.75) is 0 Å². The van der Waals surface area contributed by atoms with Crippen LogP contribution in [0.5, 0.6) is 0 Å². The molecular formula is C19H15ClF2N6OS2. The number of anilines is 2. The minimum atomic E-state index is -1.34. The molecule has 4 rings (SSSR count). The average Bonchev–Trinajstić information content (AvgIpc) is 3.15. The molecule has 4 N–H and O–H groups in total. The van der Waals surface area contributed by atoms with Crippen molar-refractivity contribution >= 4 is 66.0 Å². The molecule has 7 nitrogen and oxygen atoms in total. The second kappa shape index (κ2) is 8.79. The van der Waals surface area contributed by atoms with E-state index in [4.69, 9.17) is 17.3 Å². The molecule has 0 amide bonds. The van der Waals surface area contributed by atoms with Crippen molar-refractivity contribution in [2.24, 2.45) is 0 Å². The van der Waals surface area contributed by atoms with Gasteiger partial charge in [0.2, 0.25) is 0 Å². The minimum absolute atomic E-state index is 0.0419. The summed E-state index contributed by atoms with van der Waals surface area (Å²) < 4.78 is 44.0. The number of thiazole rings is 1. The third kappa shape index (κ3) is 4.09. The van der Waals surface area contributed by atoms with E-state index in [1.807, 2.05) is 0 Å². The Hall–Kier alpha value is -2.73. The molecule has 0 saturated carbocycles. The number of hydrogen-bond donors (Lipinski definition) is 3. The first-order chi connectivity index (χ1) is 14.9. The van der Waals surface area contributed by atoms with Crippen LogP contribution in [0.4, 0.5) is 19.7 Å². The van der Waals surface area contributed by atoms with Crippen molar-refractivity contribution in [3.05, 3.63) is 53.2 Å². The Labute approximate surface area is 187 Å². The summed E-state index contributed by atoms with van der Waals surface area (Å²) in [6.45, 7) is 4.15. The first-order valence-corrected chi connectivity index (χ1v) is 11.3. The zero-order chi connectivity index (χ0) is 22.1. The van der Waals surface area contributed by atoms with E-state index < -0.39 is 22.6 Å². The molecule has 0 fully saturated rings. The van der Waals surface area contributed by atoms with Crippen LogP contribution in [-0.4, -0.2) is 32.3 Å². The zero-order valence-corrected chi connectivity index (χ0v) is 18.2. The standard InChI is InChI=1S/C19H15ClF2N6OS2/c1-2-31(29)27-6-5-24-18-10-7-11(20)13(14(22)15(10)25-8-26-18)9-3-4-12(21)17-16(9)28-19(23)30-17/h2-4,7-8,27H,1,5-6H2,(H2,23,28)(H,24,25,26). The fourth-order valence-electron chi connectivity index (χ4n) is 3.10. The van der Waals surface area contributed by atoms with Crippen LogP contribution < -0.4 is 15.8 Å². The van der Waals surface area contributed by atoms with Gasteiger partial charge in [-0.05, 0) is 18.2 Å². The van der Waals surface area contributed by atoms with Gasteiger partial charge in [0.1, 0.15) is 34.5 Å². The lowest BCUT2D eigenvalue weighted by Gasteiger charge is -2.13. The van der Waals surface area contributed by atoms with Gasteiger partial charge >= 0.3 is 0 Å². The monoisotopic (exact) mass is 480 g/mol. The Morgan fingerprint density at radius 2 is 2.06 bits per heavy atom. The number of nitrogen functional groups attached to an aromatic ring is 1. The van der Waals surface area contributed by atoms with E-state index in [9.17, 15) is 8.60 Å². The van der Waals surface area contributed by atoms with Gasteiger partial charge in [0.15, 0.2) is 10.9 Å². The highest BCUT2D eigenvalue weighted by Crippen LogP contribution is 2.41. The largest absolute Gasteiger partial charge is 0.375 e. The number of halogens is 3. The minimum Gasteiger partial charge on any atom is -0.375 e. The van der Waals surface area contributed by atoms with E-state index in [2.05, 4.69) is 31.6 Å². The molecule has 2 aromatic heterocycles. The number of nitrogens with one attached hydrogen (secondary N) is 2. The lowest BCUT2D eigenvalue weighted by molar-refractivity contribution is 0.638. The molecule has 1 unspecified atom stereocenters. The molecule has 0 radical (unpaired) electrons. The summed E-state index contributed by atoms with van der Waals surface area (Å²) in [6, 6.07) is 4.18. The highest BCUT2D eigenvalue weighted by Gasteiger charge is 2.22. The third-order valence-corrected chi connectivity index (χ3v) is 6.40. The van der Waals surface area contributed by atoms with Crippen LogP contribution in [-0.2, 0) is 11.0 Å². The van der Waals surface area contributed by atoms with Gasteiger partial charge in [-0.15, -0.1) is 0 Å². The number of rotatable bonds is 7. The fraction of sp³-hybridized carbons (Fsp3) is 0.105. The Kier molecular flexibility index (Phi) is 6.10. The maximum Gasteiger partial charge on any atom is 0.181 e. The van der Waals surface area contributed by atoms with E-state index in [0.717, 1.165) is 11.3 Å². The summed E-state index contributed by atoms with van der Waals surface area (Å²) in [6.07, 6.45) is 1.22. The highest BCUT2D eigenvalue weighted by molar-refractivity contribution is 7.86. The molecule has 12 heteroatoms. The van der Waals surface area contributed by atoms with Crippen LogP contribution in [0.3, 0.4) is 0 Å². The zero-order valence-electron chi connectivity index (χ0n) is 15.8. The average molecular weight is 481 g/mol. The topological polar surface area (TPSA) is 106 Å². The summed E-state index contributed by atoms with van der Waals surface area (Å²) in [4.78, 5) is 12.4. The Bertz CT molecular complexity index is 1350. The van der Waals surface area contributed by atoms with Crippen LogP contribution in [0.2, 0.25) is 5.02 Å². The predicted molar refractivity (Wildman–Crippen MR) is 122 cm³/mol.